The number of fused-ring (bicyclic) bond motifs is 1. The molecule has 0 amide bonds. The summed E-state index contributed by atoms with van der Waals surface area (Å²) in [5, 5.41) is 3.83. The van der Waals surface area contributed by atoms with Crippen LogP contribution in [0.15, 0.2) is 0 Å². The lowest BCUT2D eigenvalue weighted by atomic mass is 9.57. The van der Waals surface area contributed by atoms with E-state index in [0.717, 1.165) is 24.6 Å². The van der Waals surface area contributed by atoms with Gasteiger partial charge in [0.25, 0.3) is 0 Å². The third-order valence-electron chi connectivity index (χ3n) is 4.62. The molecule has 1 N–H and O–H groups in total. The van der Waals surface area contributed by atoms with Gasteiger partial charge in [-0.05, 0) is 19.3 Å². The minimum atomic E-state index is 0.372. The maximum atomic E-state index is 5.79. The first-order chi connectivity index (χ1) is 6.69. The number of ether oxygens (including phenoxy) is 1. The molecule has 0 radical (unpaired) electrons. The fourth-order valence-corrected chi connectivity index (χ4v) is 3.49. The largest absolute Gasteiger partial charge is 0.377 e. The van der Waals surface area contributed by atoms with E-state index in [-0.39, 0.29) is 0 Å². The van der Waals surface area contributed by atoms with Crippen LogP contribution < -0.4 is 5.32 Å². The van der Waals surface area contributed by atoms with E-state index in [4.69, 9.17) is 4.74 Å². The molecule has 0 aromatic carbocycles. The molecule has 2 aliphatic carbocycles. The lowest BCUT2D eigenvalue weighted by molar-refractivity contribution is -0.117. The van der Waals surface area contributed by atoms with Gasteiger partial charge in [0.2, 0.25) is 0 Å². The van der Waals surface area contributed by atoms with Crippen molar-refractivity contribution < 1.29 is 4.74 Å². The summed E-state index contributed by atoms with van der Waals surface area (Å²) >= 11 is 0. The van der Waals surface area contributed by atoms with Crippen molar-refractivity contribution in [2.24, 2.45) is 11.3 Å². The zero-order valence-electron chi connectivity index (χ0n) is 9.25. The molecule has 14 heavy (non-hydrogen) atoms. The first-order valence-electron chi connectivity index (χ1n) is 6.07. The predicted molar refractivity (Wildman–Crippen MR) is 56.2 cm³/mol. The minimum Gasteiger partial charge on any atom is -0.377 e. The van der Waals surface area contributed by atoms with Gasteiger partial charge >= 0.3 is 0 Å². The quantitative estimate of drug-likeness (QED) is 0.727. The first kappa shape index (κ1) is 9.17. The average Bonchev–Trinajstić information content (AvgIpc) is 2.47. The van der Waals surface area contributed by atoms with Crippen LogP contribution in [0.5, 0.6) is 0 Å². The molecule has 3 atom stereocenters. The van der Waals surface area contributed by atoms with E-state index >= 15 is 0 Å². The van der Waals surface area contributed by atoms with Crippen molar-refractivity contribution in [3.8, 4) is 0 Å². The maximum Gasteiger partial charge on any atom is 0.0685 e. The summed E-state index contributed by atoms with van der Waals surface area (Å²) in [4.78, 5) is 0. The topological polar surface area (TPSA) is 21.3 Å². The fourth-order valence-electron chi connectivity index (χ4n) is 3.49. The highest BCUT2D eigenvalue weighted by Gasteiger charge is 2.59. The van der Waals surface area contributed by atoms with Crippen LogP contribution in [-0.2, 0) is 4.74 Å². The molecule has 0 aromatic heterocycles. The molecule has 3 rings (SSSR count). The Morgan fingerprint density at radius 1 is 1.21 bits per heavy atom. The predicted octanol–water partition coefficient (Wildman–Crippen LogP) is 1.94. The summed E-state index contributed by atoms with van der Waals surface area (Å²) in [5.74, 6) is 0.811. The van der Waals surface area contributed by atoms with Crippen molar-refractivity contribution in [2.75, 3.05) is 6.61 Å². The summed E-state index contributed by atoms with van der Waals surface area (Å²) in [6.45, 7) is 5.70. The van der Waals surface area contributed by atoms with Crippen LogP contribution in [0.2, 0.25) is 0 Å². The Morgan fingerprint density at radius 3 is 2.64 bits per heavy atom. The molecule has 1 saturated heterocycles. The highest BCUT2D eigenvalue weighted by Crippen LogP contribution is 2.52. The van der Waals surface area contributed by atoms with E-state index in [9.17, 15) is 0 Å². The first-order valence-corrected chi connectivity index (χ1v) is 6.07. The van der Waals surface area contributed by atoms with Gasteiger partial charge in [0.15, 0.2) is 0 Å². The molecule has 1 aliphatic heterocycles. The van der Waals surface area contributed by atoms with Gasteiger partial charge < -0.3 is 10.1 Å². The summed E-state index contributed by atoms with van der Waals surface area (Å²) in [6, 6.07) is 1.54. The van der Waals surface area contributed by atoms with Crippen LogP contribution >= 0.6 is 0 Å². The molecule has 80 valence electrons. The zero-order valence-corrected chi connectivity index (χ0v) is 9.25. The van der Waals surface area contributed by atoms with E-state index in [0.29, 0.717) is 11.5 Å². The highest BCUT2D eigenvalue weighted by molar-refractivity contribution is 5.12. The van der Waals surface area contributed by atoms with Crippen molar-refractivity contribution in [3.63, 3.8) is 0 Å². The van der Waals surface area contributed by atoms with Gasteiger partial charge in [0.1, 0.15) is 0 Å². The van der Waals surface area contributed by atoms with Crippen molar-refractivity contribution in [3.05, 3.63) is 0 Å². The van der Waals surface area contributed by atoms with E-state index in [1.165, 1.54) is 25.7 Å². The molecular formula is C12H21NO. The second-order valence-corrected chi connectivity index (χ2v) is 5.84. The van der Waals surface area contributed by atoms with Gasteiger partial charge in [-0.15, -0.1) is 0 Å². The Morgan fingerprint density at radius 2 is 2.00 bits per heavy atom. The molecule has 0 spiro atoms. The molecule has 2 heteroatoms. The third kappa shape index (κ3) is 1.10. The molecular weight excluding hydrogens is 174 g/mol. The third-order valence-corrected chi connectivity index (χ3v) is 4.62. The Labute approximate surface area is 86.4 Å². The van der Waals surface area contributed by atoms with Crippen molar-refractivity contribution in [1.82, 2.24) is 5.32 Å². The van der Waals surface area contributed by atoms with E-state index in [1.807, 2.05) is 0 Å². The molecule has 2 nitrogen and oxygen atoms in total. The van der Waals surface area contributed by atoms with Crippen LogP contribution in [0, 0.1) is 11.3 Å². The van der Waals surface area contributed by atoms with Gasteiger partial charge in [0, 0.05) is 30.0 Å². The molecule has 0 bridgehead atoms. The molecule has 3 unspecified atom stereocenters. The Kier molecular flexibility index (Phi) is 1.94. The smallest absolute Gasteiger partial charge is 0.0685 e. The highest BCUT2D eigenvalue weighted by atomic mass is 16.5. The van der Waals surface area contributed by atoms with E-state index in [1.54, 1.807) is 0 Å². The standard InChI is InChI=1S/C12H21NO/c1-12(2)10(13-8-4-3-5-8)9-6-7-14-11(9)12/h8-11,13H,3-7H2,1-2H3. The number of hydrogen-bond donors (Lipinski definition) is 1. The maximum absolute atomic E-state index is 5.79. The van der Waals surface area contributed by atoms with Gasteiger partial charge in [-0.3, -0.25) is 0 Å². The summed E-state index contributed by atoms with van der Waals surface area (Å²) in [6.07, 6.45) is 6.03. The lowest BCUT2D eigenvalue weighted by Gasteiger charge is -2.56. The summed E-state index contributed by atoms with van der Waals surface area (Å²) < 4.78 is 5.79. The van der Waals surface area contributed by atoms with Gasteiger partial charge in [-0.1, -0.05) is 20.3 Å². The summed E-state index contributed by atoms with van der Waals surface area (Å²) in [5.41, 5.74) is 0.372. The Hall–Kier alpha value is -0.0800. The van der Waals surface area contributed by atoms with Crippen LogP contribution in [0.3, 0.4) is 0 Å². The second kappa shape index (κ2) is 2.96. The van der Waals surface area contributed by atoms with Crippen LogP contribution in [0.4, 0.5) is 0 Å². The van der Waals surface area contributed by atoms with Gasteiger partial charge in [-0.25, -0.2) is 0 Å². The lowest BCUT2D eigenvalue weighted by Crippen LogP contribution is -2.67. The van der Waals surface area contributed by atoms with Crippen molar-refractivity contribution >= 4 is 0 Å². The van der Waals surface area contributed by atoms with E-state index < -0.39 is 0 Å². The van der Waals surface area contributed by atoms with Gasteiger partial charge in [-0.2, -0.15) is 0 Å². The molecule has 3 fully saturated rings. The van der Waals surface area contributed by atoms with Crippen LogP contribution in [0.1, 0.15) is 39.5 Å². The molecule has 2 saturated carbocycles. The number of rotatable bonds is 2. The second-order valence-electron chi connectivity index (χ2n) is 5.84. The normalized spacial score (nSPS) is 45.4. The van der Waals surface area contributed by atoms with E-state index in [2.05, 4.69) is 19.2 Å². The minimum absolute atomic E-state index is 0.372. The zero-order chi connectivity index (χ0) is 9.76. The average molecular weight is 195 g/mol. The van der Waals surface area contributed by atoms with Crippen LogP contribution in [-0.4, -0.2) is 24.8 Å². The Balaban J connectivity index is 1.66. The molecule has 1 heterocycles. The summed E-state index contributed by atoms with van der Waals surface area (Å²) in [7, 11) is 0. The van der Waals surface area contributed by atoms with Crippen molar-refractivity contribution in [2.45, 2.75) is 57.7 Å². The molecule has 3 aliphatic rings. The van der Waals surface area contributed by atoms with Crippen LogP contribution in [0.25, 0.3) is 0 Å². The SMILES string of the molecule is CC1(C)C(NC2CCC2)C2CCOC21. The monoisotopic (exact) mass is 195 g/mol. The Bertz CT molecular complexity index is 234. The van der Waals surface area contributed by atoms with Gasteiger partial charge in [0.05, 0.1) is 6.10 Å². The number of nitrogens with one attached hydrogen (secondary N) is 1. The molecule has 0 aromatic rings. The fraction of sp³-hybridized carbons (Fsp3) is 1.00. The van der Waals surface area contributed by atoms with Crippen molar-refractivity contribution in [1.29, 1.82) is 0 Å². The number of hydrogen-bond acceptors (Lipinski definition) is 2.